The highest BCUT2D eigenvalue weighted by Crippen LogP contribution is 2.21. The van der Waals surface area contributed by atoms with Crippen LogP contribution in [0.25, 0.3) is 6.08 Å². The molecule has 0 aliphatic heterocycles. The van der Waals surface area contributed by atoms with Crippen LogP contribution in [0.1, 0.15) is 5.56 Å². The summed E-state index contributed by atoms with van der Waals surface area (Å²) >= 11 is 0. The van der Waals surface area contributed by atoms with Crippen molar-refractivity contribution in [1.29, 1.82) is 10.5 Å². The van der Waals surface area contributed by atoms with Crippen LogP contribution in [0.3, 0.4) is 0 Å². The van der Waals surface area contributed by atoms with Gasteiger partial charge in [0.15, 0.2) is 0 Å². The van der Waals surface area contributed by atoms with Crippen LogP contribution in [-0.4, -0.2) is 8.42 Å². The van der Waals surface area contributed by atoms with Gasteiger partial charge in [0.2, 0.25) is 0 Å². The maximum absolute atomic E-state index is 11.2. The Morgan fingerprint density at radius 1 is 1.25 bits per heavy atom. The van der Waals surface area contributed by atoms with Gasteiger partial charge in [0.1, 0.15) is 17.7 Å². The van der Waals surface area contributed by atoms with Crippen LogP contribution in [0.2, 0.25) is 0 Å². The minimum absolute atomic E-state index is 0.125. The number of nitrogens with zero attached hydrogens (tertiary/aromatic N) is 2. The maximum atomic E-state index is 11.2. The Balaban J connectivity index is 3.45. The summed E-state index contributed by atoms with van der Waals surface area (Å²) in [6.45, 7) is 0. The standard InChI is InChI=1S/C10H5ClN2O2S/c11-16(14,15)10-4-2-1-3-9(10)5-8(6-12)7-13/h1-5H. The lowest BCUT2D eigenvalue weighted by atomic mass is 10.1. The Labute approximate surface area is 97.4 Å². The molecule has 1 rings (SSSR count). The van der Waals surface area contributed by atoms with Crippen LogP contribution in [0.4, 0.5) is 0 Å². The zero-order valence-corrected chi connectivity index (χ0v) is 9.46. The molecule has 0 amide bonds. The number of halogens is 1. The summed E-state index contributed by atoms with van der Waals surface area (Å²) in [7, 11) is 1.32. The molecule has 4 nitrogen and oxygen atoms in total. The van der Waals surface area contributed by atoms with Crippen LogP contribution in [-0.2, 0) is 9.05 Å². The molecule has 16 heavy (non-hydrogen) atoms. The summed E-state index contributed by atoms with van der Waals surface area (Å²) < 4.78 is 22.4. The van der Waals surface area contributed by atoms with Crippen molar-refractivity contribution in [3.63, 3.8) is 0 Å². The second-order valence-electron chi connectivity index (χ2n) is 2.76. The van der Waals surface area contributed by atoms with Gasteiger partial charge in [-0.05, 0) is 17.7 Å². The normalized spacial score (nSPS) is 9.94. The SMILES string of the molecule is N#CC(C#N)=Cc1ccccc1S(=O)(=O)Cl. The van der Waals surface area contributed by atoms with Gasteiger partial charge in [0, 0.05) is 10.7 Å². The predicted molar refractivity (Wildman–Crippen MR) is 58.7 cm³/mol. The Morgan fingerprint density at radius 3 is 2.31 bits per heavy atom. The summed E-state index contributed by atoms with van der Waals surface area (Å²) in [5.74, 6) is 0. The molecule has 80 valence electrons. The fraction of sp³-hybridized carbons (Fsp3) is 0. The van der Waals surface area contributed by atoms with Gasteiger partial charge in [-0.15, -0.1) is 0 Å². The second-order valence-corrected chi connectivity index (χ2v) is 5.29. The van der Waals surface area contributed by atoms with Gasteiger partial charge in [-0.2, -0.15) is 10.5 Å². The molecule has 1 aromatic carbocycles. The third-order valence-corrected chi connectivity index (χ3v) is 3.12. The third kappa shape index (κ3) is 2.83. The molecule has 0 heterocycles. The molecule has 0 N–H and O–H groups in total. The Bertz CT molecular complexity index is 605. The van der Waals surface area contributed by atoms with E-state index in [1.165, 1.54) is 24.3 Å². The molecule has 0 atom stereocenters. The largest absolute Gasteiger partial charge is 0.261 e. The molecule has 0 aliphatic rings. The molecule has 0 saturated heterocycles. The number of benzene rings is 1. The molecule has 1 aromatic rings. The van der Waals surface area contributed by atoms with Crippen molar-refractivity contribution in [2.75, 3.05) is 0 Å². The van der Waals surface area contributed by atoms with Crippen molar-refractivity contribution in [3.05, 3.63) is 35.4 Å². The first kappa shape index (κ1) is 12.3. The van der Waals surface area contributed by atoms with Gasteiger partial charge in [0.25, 0.3) is 9.05 Å². The molecular weight excluding hydrogens is 248 g/mol. The zero-order chi connectivity index (χ0) is 12.2. The summed E-state index contributed by atoms with van der Waals surface area (Å²) in [6.07, 6.45) is 1.18. The Morgan fingerprint density at radius 2 is 1.81 bits per heavy atom. The van der Waals surface area contributed by atoms with Crippen molar-refractivity contribution in [2.24, 2.45) is 0 Å². The van der Waals surface area contributed by atoms with Crippen molar-refractivity contribution >= 4 is 25.8 Å². The number of rotatable bonds is 2. The summed E-state index contributed by atoms with van der Waals surface area (Å²) in [5, 5.41) is 17.1. The molecule has 0 bridgehead atoms. The topological polar surface area (TPSA) is 81.7 Å². The van der Waals surface area contributed by atoms with E-state index in [-0.39, 0.29) is 16.0 Å². The highest BCUT2D eigenvalue weighted by Gasteiger charge is 2.13. The van der Waals surface area contributed by atoms with E-state index in [2.05, 4.69) is 0 Å². The van der Waals surface area contributed by atoms with E-state index in [0.29, 0.717) is 0 Å². The average molecular weight is 253 g/mol. The molecule has 0 fully saturated rings. The lowest BCUT2D eigenvalue weighted by Gasteiger charge is -2.00. The van der Waals surface area contributed by atoms with Gasteiger partial charge >= 0.3 is 0 Å². The number of nitriles is 2. The van der Waals surface area contributed by atoms with Gasteiger partial charge in [0.05, 0.1) is 4.90 Å². The van der Waals surface area contributed by atoms with E-state index in [9.17, 15) is 8.42 Å². The van der Waals surface area contributed by atoms with Crippen LogP contribution in [0.15, 0.2) is 34.7 Å². The average Bonchev–Trinajstić information content (AvgIpc) is 2.25. The van der Waals surface area contributed by atoms with Crippen LogP contribution in [0.5, 0.6) is 0 Å². The molecular formula is C10H5ClN2O2S. The van der Waals surface area contributed by atoms with Gasteiger partial charge in [-0.25, -0.2) is 8.42 Å². The van der Waals surface area contributed by atoms with Crippen molar-refractivity contribution in [3.8, 4) is 12.1 Å². The van der Waals surface area contributed by atoms with Gasteiger partial charge in [-0.3, -0.25) is 0 Å². The third-order valence-electron chi connectivity index (χ3n) is 1.72. The number of hydrogen-bond acceptors (Lipinski definition) is 4. The van der Waals surface area contributed by atoms with Crippen molar-refractivity contribution in [2.45, 2.75) is 4.90 Å². The summed E-state index contributed by atoms with van der Waals surface area (Å²) in [6, 6.07) is 9.14. The van der Waals surface area contributed by atoms with E-state index in [0.717, 1.165) is 0 Å². The van der Waals surface area contributed by atoms with E-state index in [1.807, 2.05) is 0 Å². The first-order chi connectivity index (χ1) is 7.49. The van der Waals surface area contributed by atoms with Crippen LogP contribution >= 0.6 is 10.7 Å². The van der Waals surface area contributed by atoms with E-state index < -0.39 is 9.05 Å². The Hall–Kier alpha value is -1.82. The van der Waals surface area contributed by atoms with Gasteiger partial charge < -0.3 is 0 Å². The van der Waals surface area contributed by atoms with Crippen molar-refractivity contribution in [1.82, 2.24) is 0 Å². The highest BCUT2D eigenvalue weighted by atomic mass is 35.7. The smallest absolute Gasteiger partial charge is 0.207 e. The lowest BCUT2D eigenvalue weighted by Crippen LogP contribution is -1.94. The number of allylic oxidation sites excluding steroid dienone is 1. The minimum Gasteiger partial charge on any atom is -0.207 e. The quantitative estimate of drug-likeness (QED) is 0.596. The molecule has 0 unspecified atom stereocenters. The predicted octanol–water partition coefficient (Wildman–Crippen LogP) is 2.04. The molecule has 0 aliphatic carbocycles. The number of hydrogen-bond donors (Lipinski definition) is 0. The fourth-order valence-corrected chi connectivity index (χ4v) is 2.14. The molecule has 0 saturated carbocycles. The summed E-state index contributed by atoms with van der Waals surface area (Å²) in [4.78, 5) is -0.125. The highest BCUT2D eigenvalue weighted by molar-refractivity contribution is 8.13. The molecule has 0 radical (unpaired) electrons. The monoisotopic (exact) mass is 252 g/mol. The second kappa shape index (κ2) is 4.80. The van der Waals surface area contributed by atoms with Crippen LogP contribution < -0.4 is 0 Å². The van der Waals surface area contributed by atoms with E-state index in [1.54, 1.807) is 18.2 Å². The fourth-order valence-electron chi connectivity index (χ4n) is 1.07. The molecule has 0 aromatic heterocycles. The van der Waals surface area contributed by atoms with Gasteiger partial charge in [-0.1, -0.05) is 18.2 Å². The zero-order valence-electron chi connectivity index (χ0n) is 7.88. The van der Waals surface area contributed by atoms with E-state index >= 15 is 0 Å². The van der Waals surface area contributed by atoms with Crippen LogP contribution in [0, 0.1) is 22.7 Å². The molecule has 0 spiro atoms. The maximum Gasteiger partial charge on any atom is 0.261 e. The first-order valence-corrected chi connectivity index (χ1v) is 6.35. The lowest BCUT2D eigenvalue weighted by molar-refractivity contribution is 0.609. The minimum atomic E-state index is -3.89. The van der Waals surface area contributed by atoms with E-state index in [4.69, 9.17) is 21.2 Å². The summed E-state index contributed by atoms with van der Waals surface area (Å²) in [5.41, 5.74) is 0.0309. The molecule has 6 heteroatoms. The van der Waals surface area contributed by atoms with Crippen molar-refractivity contribution < 1.29 is 8.42 Å². The first-order valence-electron chi connectivity index (χ1n) is 4.04. The Kier molecular flexibility index (Phi) is 3.68.